The van der Waals surface area contributed by atoms with E-state index in [2.05, 4.69) is 29.4 Å². The molecule has 3 aliphatic rings. The van der Waals surface area contributed by atoms with E-state index in [1.165, 1.54) is 11.8 Å². The minimum Gasteiger partial charge on any atom is -0.493 e. The molecule has 0 bridgehead atoms. The lowest BCUT2D eigenvalue weighted by Crippen LogP contribution is -2.48. The number of benzene rings is 1. The fourth-order valence-corrected chi connectivity index (χ4v) is 5.86. The second-order valence-electron chi connectivity index (χ2n) is 9.05. The van der Waals surface area contributed by atoms with Gasteiger partial charge in [0.25, 0.3) is 0 Å². The number of nitrogens with one attached hydrogen (secondary N) is 2. The molecule has 6 heteroatoms. The lowest BCUT2D eigenvalue weighted by atomic mass is 9.58. The first-order valence-electron chi connectivity index (χ1n) is 11.4. The van der Waals surface area contributed by atoms with Crippen molar-refractivity contribution in [3.8, 4) is 5.75 Å². The van der Waals surface area contributed by atoms with Crippen molar-refractivity contribution in [2.45, 2.75) is 57.2 Å². The third-order valence-corrected chi connectivity index (χ3v) is 7.48. The van der Waals surface area contributed by atoms with E-state index in [0.717, 1.165) is 60.5 Å². The molecule has 1 aromatic carbocycles. The number of rotatable bonds is 4. The Kier molecular flexibility index (Phi) is 5.22. The van der Waals surface area contributed by atoms with Gasteiger partial charge in [-0.3, -0.25) is 4.98 Å². The summed E-state index contributed by atoms with van der Waals surface area (Å²) in [6.45, 7) is 6.34. The summed E-state index contributed by atoms with van der Waals surface area (Å²) in [6, 6.07) is 8.21. The molecule has 2 aliphatic heterocycles. The molecule has 5 rings (SSSR count). The van der Waals surface area contributed by atoms with Gasteiger partial charge in [0.2, 0.25) is 0 Å². The Balaban J connectivity index is 1.54. The van der Waals surface area contributed by atoms with E-state index in [1.54, 1.807) is 6.20 Å². The average molecular weight is 422 g/mol. The van der Waals surface area contributed by atoms with Crippen LogP contribution in [0, 0.1) is 18.3 Å². The average Bonchev–Trinajstić information content (AvgIpc) is 3.16. The standard InChI is InChI=1S/C25H31N3O3/c1-3-24-6-7-25(30-10-11-31-25)15-19(24)5-9-29-23-14-22(18(16-26)13-21(23)24)28-20-4-8-27-17(2)12-20/h4,8,12-14,16,19,26H,3,5-7,9-11,15H2,1-2H3,(H,27,28). The van der Waals surface area contributed by atoms with Crippen molar-refractivity contribution in [1.29, 1.82) is 5.41 Å². The molecule has 164 valence electrons. The van der Waals surface area contributed by atoms with Crippen LogP contribution in [0.15, 0.2) is 30.5 Å². The first-order chi connectivity index (χ1) is 15.1. The summed E-state index contributed by atoms with van der Waals surface area (Å²) >= 11 is 0. The summed E-state index contributed by atoms with van der Waals surface area (Å²) in [5.41, 5.74) is 4.93. The molecule has 2 aromatic rings. The summed E-state index contributed by atoms with van der Waals surface area (Å²) < 4.78 is 18.5. The van der Waals surface area contributed by atoms with Crippen molar-refractivity contribution in [2.75, 3.05) is 25.1 Å². The molecule has 2 fully saturated rings. The molecule has 2 N–H and O–H groups in total. The summed E-state index contributed by atoms with van der Waals surface area (Å²) in [4.78, 5) is 4.27. The third kappa shape index (κ3) is 3.52. The van der Waals surface area contributed by atoms with Gasteiger partial charge in [0, 0.05) is 59.2 Å². The molecular formula is C25H31N3O3. The van der Waals surface area contributed by atoms with Gasteiger partial charge < -0.3 is 24.9 Å². The zero-order valence-electron chi connectivity index (χ0n) is 18.4. The van der Waals surface area contributed by atoms with Crippen LogP contribution in [-0.2, 0) is 14.9 Å². The van der Waals surface area contributed by atoms with E-state index in [-0.39, 0.29) is 5.41 Å². The lowest BCUT2D eigenvalue weighted by molar-refractivity contribution is -0.199. The third-order valence-electron chi connectivity index (χ3n) is 7.48. The zero-order chi connectivity index (χ0) is 21.5. The number of anilines is 2. The normalized spacial score (nSPS) is 26.5. The highest BCUT2D eigenvalue weighted by molar-refractivity contribution is 5.89. The Hall–Kier alpha value is -2.44. The van der Waals surface area contributed by atoms with Crippen LogP contribution < -0.4 is 10.1 Å². The predicted octanol–water partition coefficient (Wildman–Crippen LogP) is 5.10. The Morgan fingerprint density at radius 3 is 2.77 bits per heavy atom. The van der Waals surface area contributed by atoms with Crippen LogP contribution in [0.4, 0.5) is 11.4 Å². The molecule has 1 saturated heterocycles. The number of pyridine rings is 1. The van der Waals surface area contributed by atoms with Gasteiger partial charge in [-0.25, -0.2) is 0 Å². The van der Waals surface area contributed by atoms with E-state index in [0.29, 0.717) is 25.7 Å². The predicted molar refractivity (Wildman–Crippen MR) is 121 cm³/mol. The minimum absolute atomic E-state index is 0.0237. The first kappa shape index (κ1) is 20.5. The number of hydrogen-bond donors (Lipinski definition) is 2. The van der Waals surface area contributed by atoms with Crippen molar-refractivity contribution in [1.82, 2.24) is 4.98 Å². The molecule has 2 unspecified atom stereocenters. The second-order valence-corrected chi connectivity index (χ2v) is 9.05. The molecular weight excluding hydrogens is 390 g/mol. The quantitative estimate of drug-likeness (QED) is 0.671. The molecule has 1 saturated carbocycles. The monoisotopic (exact) mass is 421 g/mol. The maximum Gasteiger partial charge on any atom is 0.168 e. The summed E-state index contributed by atoms with van der Waals surface area (Å²) in [7, 11) is 0. The smallest absolute Gasteiger partial charge is 0.168 e. The highest BCUT2D eigenvalue weighted by Crippen LogP contribution is 2.56. The zero-order valence-corrected chi connectivity index (χ0v) is 18.4. The molecule has 1 spiro atoms. The maximum absolute atomic E-state index is 8.09. The van der Waals surface area contributed by atoms with Gasteiger partial charge in [-0.2, -0.15) is 0 Å². The van der Waals surface area contributed by atoms with Crippen LogP contribution in [-0.4, -0.2) is 36.8 Å². The van der Waals surface area contributed by atoms with Crippen LogP contribution in [0.5, 0.6) is 5.75 Å². The van der Waals surface area contributed by atoms with E-state index in [1.807, 2.05) is 19.1 Å². The highest BCUT2D eigenvalue weighted by atomic mass is 16.7. The second kappa shape index (κ2) is 7.92. The van der Waals surface area contributed by atoms with Gasteiger partial charge in [0.05, 0.1) is 25.5 Å². The van der Waals surface area contributed by atoms with Crippen LogP contribution in [0.3, 0.4) is 0 Å². The number of hydrogen-bond acceptors (Lipinski definition) is 6. The number of ether oxygens (including phenoxy) is 3. The van der Waals surface area contributed by atoms with Crippen LogP contribution in [0.25, 0.3) is 0 Å². The number of fused-ring (bicyclic) bond motifs is 3. The lowest BCUT2D eigenvalue weighted by Gasteiger charge is -2.49. The van der Waals surface area contributed by atoms with Crippen molar-refractivity contribution < 1.29 is 14.2 Å². The van der Waals surface area contributed by atoms with Crippen LogP contribution in [0.1, 0.15) is 55.8 Å². The fraction of sp³-hybridized carbons (Fsp3) is 0.520. The molecule has 31 heavy (non-hydrogen) atoms. The summed E-state index contributed by atoms with van der Waals surface area (Å²) in [5, 5.41) is 11.6. The van der Waals surface area contributed by atoms with Crippen LogP contribution in [0.2, 0.25) is 0 Å². The number of aryl methyl sites for hydroxylation is 1. The van der Waals surface area contributed by atoms with Crippen molar-refractivity contribution >= 4 is 17.6 Å². The molecule has 2 atom stereocenters. The summed E-state index contributed by atoms with van der Waals surface area (Å²) in [6.07, 6.45) is 8.10. The Bertz CT molecular complexity index is 986. The van der Waals surface area contributed by atoms with E-state index < -0.39 is 5.79 Å². The number of aromatic nitrogens is 1. The van der Waals surface area contributed by atoms with Crippen molar-refractivity contribution in [2.24, 2.45) is 5.92 Å². The highest BCUT2D eigenvalue weighted by Gasteiger charge is 2.53. The molecule has 6 nitrogen and oxygen atoms in total. The van der Waals surface area contributed by atoms with Gasteiger partial charge in [-0.1, -0.05) is 6.92 Å². The SMILES string of the molecule is CCC12CCC3(CC1CCOc1cc(Nc4ccnc(C)c4)c(C=N)cc12)OCCO3. The van der Waals surface area contributed by atoms with Gasteiger partial charge in [0.15, 0.2) is 5.79 Å². The molecule has 1 aliphatic carbocycles. The first-order valence-corrected chi connectivity index (χ1v) is 11.4. The molecule has 0 amide bonds. The van der Waals surface area contributed by atoms with Crippen molar-refractivity contribution in [3.63, 3.8) is 0 Å². The van der Waals surface area contributed by atoms with E-state index >= 15 is 0 Å². The molecule has 1 aromatic heterocycles. The Morgan fingerprint density at radius 1 is 1.19 bits per heavy atom. The van der Waals surface area contributed by atoms with Gasteiger partial charge >= 0.3 is 0 Å². The Labute approximate surface area is 183 Å². The molecule has 0 radical (unpaired) electrons. The van der Waals surface area contributed by atoms with Crippen LogP contribution >= 0.6 is 0 Å². The van der Waals surface area contributed by atoms with Gasteiger partial charge in [-0.05, 0) is 50.3 Å². The topological polar surface area (TPSA) is 76.5 Å². The summed E-state index contributed by atoms with van der Waals surface area (Å²) in [5.74, 6) is 0.970. The van der Waals surface area contributed by atoms with Gasteiger partial charge in [-0.15, -0.1) is 0 Å². The van der Waals surface area contributed by atoms with E-state index in [9.17, 15) is 0 Å². The van der Waals surface area contributed by atoms with Crippen molar-refractivity contribution in [3.05, 3.63) is 47.3 Å². The number of nitrogens with zero attached hydrogens (tertiary/aromatic N) is 1. The minimum atomic E-state index is -0.404. The largest absolute Gasteiger partial charge is 0.493 e. The fourth-order valence-electron chi connectivity index (χ4n) is 5.86. The maximum atomic E-state index is 8.09. The van der Waals surface area contributed by atoms with E-state index in [4.69, 9.17) is 19.6 Å². The van der Waals surface area contributed by atoms with Gasteiger partial charge in [0.1, 0.15) is 5.75 Å². The Morgan fingerprint density at radius 2 is 2.03 bits per heavy atom. The molecule has 3 heterocycles.